The fourth-order valence-electron chi connectivity index (χ4n) is 2.58. The zero-order chi connectivity index (χ0) is 11.8. The maximum Gasteiger partial charge on any atom is 0.428 e. The highest BCUT2D eigenvalue weighted by Crippen LogP contribution is 2.42. The number of hydrogen-bond acceptors (Lipinski definition) is 3. The third kappa shape index (κ3) is 2.74. The predicted molar refractivity (Wildman–Crippen MR) is 62.3 cm³/mol. The molecule has 0 heterocycles. The molecule has 0 saturated heterocycles. The molecule has 16 heavy (non-hydrogen) atoms. The smallest absolute Gasteiger partial charge is 0.428 e. The van der Waals surface area contributed by atoms with Crippen molar-refractivity contribution in [2.24, 2.45) is 16.9 Å². The fourth-order valence-corrected chi connectivity index (χ4v) is 2.58. The number of hydrazone groups is 1. The zero-order valence-corrected chi connectivity index (χ0v) is 10.2. The van der Waals surface area contributed by atoms with E-state index in [0.29, 0.717) is 5.92 Å². The highest BCUT2D eigenvalue weighted by Gasteiger charge is 2.36. The van der Waals surface area contributed by atoms with Gasteiger partial charge in [-0.25, -0.2) is 10.2 Å². The SMILES string of the molecule is CC(C)(C)OC(=O)NN=C1CC2CCC1C2. The van der Waals surface area contributed by atoms with E-state index in [-0.39, 0.29) is 0 Å². The monoisotopic (exact) mass is 224 g/mol. The maximum absolute atomic E-state index is 11.4. The van der Waals surface area contributed by atoms with Gasteiger partial charge in [-0.1, -0.05) is 0 Å². The lowest BCUT2D eigenvalue weighted by Gasteiger charge is -2.19. The second-order valence-electron chi connectivity index (χ2n) is 5.80. The van der Waals surface area contributed by atoms with Gasteiger partial charge in [0.2, 0.25) is 0 Å². The second-order valence-corrected chi connectivity index (χ2v) is 5.80. The number of carbonyl (C=O) groups excluding carboxylic acids is 1. The highest BCUT2D eigenvalue weighted by atomic mass is 16.6. The minimum absolute atomic E-state index is 0.456. The molecular weight excluding hydrogens is 204 g/mol. The Bertz CT molecular complexity index is 317. The molecule has 1 N–H and O–H groups in total. The number of carbonyl (C=O) groups is 1. The quantitative estimate of drug-likeness (QED) is 0.696. The molecule has 4 nitrogen and oxygen atoms in total. The molecule has 2 rings (SSSR count). The molecule has 1 amide bonds. The predicted octanol–water partition coefficient (Wildman–Crippen LogP) is 2.69. The van der Waals surface area contributed by atoms with Crippen LogP contribution in [0, 0.1) is 11.8 Å². The topological polar surface area (TPSA) is 50.7 Å². The summed E-state index contributed by atoms with van der Waals surface area (Å²) in [5.74, 6) is 1.42. The maximum atomic E-state index is 11.4. The van der Waals surface area contributed by atoms with Crippen LogP contribution in [-0.2, 0) is 4.74 Å². The Balaban J connectivity index is 1.83. The summed E-state index contributed by atoms with van der Waals surface area (Å²) in [4.78, 5) is 11.4. The number of rotatable bonds is 1. The van der Waals surface area contributed by atoms with Crippen LogP contribution < -0.4 is 5.43 Å². The van der Waals surface area contributed by atoms with E-state index in [4.69, 9.17) is 4.74 Å². The van der Waals surface area contributed by atoms with Crippen LogP contribution in [-0.4, -0.2) is 17.4 Å². The first-order valence-electron chi connectivity index (χ1n) is 5.99. The van der Waals surface area contributed by atoms with Gasteiger partial charge in [0.15, 0.2) is 0 Å². The molecule has 2 aliphatic carbocycles. The van der Waals surface area contributed by atoms with E-state index in [2.05, 4.69) is 10.5 Å². The molecule has 0 aromatic rings. The van der Waals surface area contributed by atoms with Gasteiger partial charge in [-0.3, -0.25) is 0 Å². The van der Waals surface area contributed by atoms with E-state index in [9.17, 15) is 4.79 Å². The van der Waals surface area contributed by atoms with Crippen molar-refractivity contribution in [1.82, 2.24) is 5.43 Å². The Morgan fingerprint density at radius 2 is 2.19 bits per heavy atom. The van der Waals surface area contributed by atoms with E-state index in [1.807, 2.05) is 20.8 Å². The summed E-state index contributed by atoms with van der Waals surface area (Å²) >= 11 is 0. The number of amides is 1. The Hall–Kier alpha value is -1.06. The van der Waals surface area contributed by atoms with Crippen molar-refractivity contribution in [2.45, 2.75) is 52.1 Å². The molecule has 2 atom stereocenters. The molecular formula is C12H20N2O2. The number of ether oxygens (including phenoxy) is 1. The molecule has 2 fully saturated rings. The van der Waals surface area contributed by atoms with E-state index in [1.165, 1.54) is 19.3 Å². The fraction of sp³-hybridized carbons (Fsp3) is 0.833. The van der Waals surface area contributed by atoms with Crippen LogP contribution in [0.1, 0.15) is 46.5 Å². The van der Waals surface area contributed by atoms with Crippen LogP contribution in [0.4, 0.5) is 4.79 Å². The molecule has 0 aromatic carbocycles. The van der Waals surface area contributed by atoms with E-state index >= 15 is 0 Å². The molecule has 0 aromatic heterocycles. The lowest BCUT2D eigenvalue weighted by Crippen LogP contribution is -2.30. The van der Waals surface area contributed by atoms with Gasteiger partial charge in [0.25, 0.3) is 0 Å². The third-order valence-electron chi connectivity index (χ3n) is 3.20. The van der Waals surface area contributed by atoms with Crippen molar-refractivity contribution in [1.29, 1.82) is 0 Å². The second kappa shape index (κ2) is 4.07. The number of nitrogens with one attached hydrogen (secondary N) is 1. The van der Waals surface area contributed by atoms with Crippen molar-refractivity contribution in [3.63, 3.8) is 0 Å². The first-order chi connectivity index (χ1) is 7.44. The molecule has 2 aliphatic rings. The van der Waals surface area contributed by atoms with Crippen LogP contribution in [0.2, 0.25) is 0 Å². The van der Waals surface area contributed by atoms with Crippen molar-refractivity contribution in [3.8, 4) is 0 Å². The van der Waals surface area contributed by atoms with Gasteiger partial charge < -0.3 is 4.74 Å². The summed E-state index contributed by atoms with van der Waals surface area (Å²) in [6.07, 6.45) is 4.42. The van der Waals surface area contributed by atoms with Gasteiger partial charge in [-0.05, 0) is 58.3 Å². The van der Waals surface area contributed by atoms with Crippen LogP contribution in [0.5, 0.6) is 0 Å². The van der Waals surface area contributed by atoms with Crippen LogP contribution >= 0.6 is 0 Å². The lowest BCUT2D eigenvalue weighted by molar-refractivity contribution is 0.0529. The number of nitrogens with zero attached hydrogens (tertiary/aromatic N) is 1. The average Bonchev–Trinajstić information content (AvgIpc) is 2.72. The Kier molecular flexibility index (Phi) is 2.91. The standard InChI is InChI=1S/C12H20N2O2/c1-12(2,3)16-11(15)14-13-10-7-8-4-5-9(10)6-8/h8-9H,4-7H2,1-3H3,(H,14,15). The van der Waals surface area contributed by atoms with Gasteiger partial charge >= 0.3 is 6.09 Å². The molecule has 0 radical (unpaired) electrons. The highest BCUT2D eigenvalue weighted by molar-refractivity contribution is 5.90. The summed E-state index contributed by atoms with van der Waals surface area (Å²) in [7, 11) is 0. The first-order valence-corrected chi connectivity index (χ1v) is 5.99. The summed E-state index contributed by atoms with van der Waals surface area (Å²) in [6, 6.07) is 0. The summed E-state index contributed by atoms with van der Waals surface area (Å²) < 4.78 is 5.12. The van der Waals surface area contributed by atoms with E-state index in [1.54, 1.807) is 0 Å². The Morgan fingerprint density at radius 1 is 1.44 bits per heavy atom. The number of hydrogen-bond donors (Lipinski definition) is 1. The van der Waals surface area contributed by atoms with Crippen molar-refractivity contribution < 1.29 is 9.53 Å². The van der Waals surface area contributed by atoms with E-state index in [0.717, 1.165) is 18.1 Å². The van der Waals surface area contributed by atoms with Crippen LogP contribution in [0.3, 0.4) is 0 Å². The van der Waals surface area contributed by atoms with Crippen LogP contribution in [0.25, 0.3) is 0 Å². The van der Waals surface area contributed by atoms with Crippen LogP contribution in [0.15, 0.2) is 5.10 Å². The first kappa shape index (κ1) is 11.4. The minimum Gasteiger partial charge on any atom is -0.443 e. The largest absolute Gasteiger partial charge is 0.443 e. The Labute approximate surface area is 96.4 Å². The van der Waals surface area contributed by atoms with Gasteiger partial charge in [-0.15, -0.1) is 0 Å². The summed E-state index contributed by atoms with van der Waals surface area (Å²) in [5.41, 5.74) is 3.19. The lowest BCUT2D eigenvalue weighted by atomic mass is 9.99. The molecule has 0 aliphatic heterocycles. The van der Waals surface area contributed by atoms with Crippen molar-refractivity contribution >= 4 is 11.8 Å². The van der Waals surface area contributed by atoms with E-state index < -0.39 is 11.7 Å². The van der Waals surface area contributed by atoms with Gasteiger partial charge in [0.05, 0.1) is 0 Å². The van der Waals surface area contributed by atoms with Gasteiger partial charge in [0.1, 0.15) is 5.60 Å². The Morgan fingerprint density at radius 3 is 2.69 bits per heavy atom. The molecule has 90 valence electrons. The number of fused-ring (bicyclic) bond motifs is 2. The minimum atomic E-state index is -0.459. The molecule has 2 bridgehead atoms. The third-order valence-corrected chi connectivity index (χ3v) is 3.20. The molecule has 2 saturated carbocycles. The van der Waals surface area contributed by atoms with Gasteiger partial charge in [-0.2, -0.15) is 5.10 Å². The van der Waals surface area contributed by atoms with Gasteiger partial charge in [0, 0.05) is 5.71 Å². The summed E-state index contributed by atoms with van der Waals surface area (Å²) in [5, 5.41) is 4.18. The molecule has 0 spiro atoms. The normalized spacial score (nSPS) is 30.8. The van der Waals surface area contributed by atoms with Crippen molar-refractivity contribution in [3.05, 3.63) is 0 Å². The molecule has 2 unspecified atom stereocenters. The van der Waals surface area contributed by atoms with Crippen molar-refractivity contribution in [2.75, 3.05) is 0 Å². The summed E-state index contributed by atoms with van der Waals surface area (Å²) in [6.45, 7) is 5.53. The molecule has 4 heteroatoms. The average molecular weight is 224 g/mol. The zero-order valence-electron chi connectivity index (χ0n) is 10.2.